The van der Waals surface area contributed by atoms with Crippen LogP contribution in [-0.2, 0) is 0 Å². The highest BCUT2D eigenvalue weighted by molar-refractivity contribution is 5.62. The third-order valence-electron chi connectivity index (χ3n) is 2.55. The monoisotopic (exact) mass is 257 g/mol. The minimum atomic E-state index is 0.722. The summed E-state index contributed by atoms with van der Waals surface area (Å²) in [5.74, 6) is 2.32. The zero-order valence-electron chi connectivity index (χ0n) is 11.3. The van der Waals surface area contributed by atoms with Gasteiger partial charge in [0.2, 0.25) is 0 Å². The van der Waals surface area contributed by atoms with Crippen LogP contribution in [0.5, 0.6) is 0 Å². The maximum Gasteiger partial charge on any atom is 0.136 e. The highest BCUT2D eigenvalue weighted by Crippen LogP contribution is 2.19. The van der Waals surface area contributed by atoms with Crippen LogP contribution in [0.4, 0.5) is 23.0 Å². The fourth-order valence-electron chi connectivity index (χ4n) is 1.74. The van der Waals surface area contributed by atoms with E-state index in [1.54, 1.807) is 0 Å². The van der Waals surface area contributed by atoms with Crippen LogP contribution in [-0.4, -0.2) is 16.5 Å². The normalized spacial score (nSPS) is 10.2. The molecule has 0 bridgehead atoms. The van der Waals surface area contributed by atoms with Gasteiger partial charge in [0.15, 0.2) is 0 Å². The number of benzene rings is 1. The van der Waals surface area contributed by atoms with Crippen LogP contribution in [0, 0.1) is 6.92 Å². The quantitative estimate of drug-likeness (QED) is 0.718. The molecule has 0 aliphatic rings. The molecule has 0 saturated carbocycles. The van der Waals surface area contributed by atoms with Gasteiger partial charge in [0, 0.05) is 24.0 Å². The minimum absolute atomic E-state index is 0.722. The van der Waals surface area contributed by atoms with Crippen LogP contribution in [0.15, 0.2) is 30.3 Å². The number of hydrogen-bond donors (Lipinski definition) is 3. The SMILES string of the molecule is CCCNc1cc(Nc2cccc(N)c2)nc(C)n1. The molecule has 4 N–H and O–H groups in total. The summed E-state index contributed by atoms with van der Waals surface area (Å²) in [4.78, 5) is 8.71. The molecule has 100 valence electrons. The Hall–Kier alpha value is -2.30. The van der Waals surface area contributed by atoms with Crippen LogP contribution >= 0.6 is 0 Å². The lowest BCUT2D eigenvalue weighted by Gasteiger charge is -2.10. The summed E-state index contributed by atoms with van der Waals surface area (Å²) in [5.41, 5.74) is 7.39. The van der Waals surface area contributed by atoms with E-state index in [1.165, 1.54) is 0 Å². The Morgan fingerprint density at radius 3 is 2.68 bits per heavy atom. The van der Waals surface area contributed by atoms with Gasteiger partial charge in [-0.15, -0.1) is 0 Å². The lowest BCUT2D eigenvalue weighted by molar-refractivity contribution is 0.955. The van der Waals surface area contributed by atoms with Crippen molar-refractivity contribution in [2.75, 3.05) is 22.9 Å². The standard InChI is InChI=1S/C14H19N5/c1-3-7-16-13-9-14(18-10(2)17-13)19-12-6-4-5-11(15)8-12/h4-6,8-9H,3,7,15H2,1-2H3,(H2,16,17,18,19). The Labute approximate surface area is 113 Å². The average Bonchev–Trinajstić information content (AvgIpc) is 2.35. The van der Waals surface area contributed by atoms with E-state index >= 15 is 0 Å². The zero-order valence-corrected chi connectivity index (χ0v) is 11.3. The van der Waals surface area contributed by atoms with E-state index in [0.717, 1.165) is 41.8 Å². The fourth-order valence-corrected chi connectivity index (χ4v) is 1.74. The van der Waals surface area contributed by atoms with E-state index in [9.17, 15) is 0 Å². The highest BCUT2D eigenvalue weighted by Gasteiger charge is 2.02. The van der Waals surface area contributed by atoms with Gasteiger partial charge in [-0.2, -0.15) is 0 Å². The molecular formula is C14H19N5. The number of nitrogens with two attached hydrogens (primary N) is 1. The second kappa shape index (κ2) is 6.04. The van der Waals surface area contributed by atoms with Crippen LogP contribution in [0.25, 0.3) is 0 Å². The number of nitrogens with zero attached hydrogens (tertiary/aromatic N) is 2. The van der Waals surface area contributed by atoms with Crippen molar-refractivity contribution in [2.45, 2.75) is 20.3 Å². The molecule has 0 unspecified atom stereocenters. The van der Waals surface area contributed by atoms with E-state index in [2.05, 4.69) is 27.5 Å². The van der Waals surface area contributed by atoms with Crippen molar-refractivity contribution < 1.29 is 0 Å². The topological polar surface area (TPSA) is 75.9 Å². The smallest absolute Gasteiger partial charge is 0.136 e. The van der Waals surface area contributed by atoms with Crippen molar-refractivity contribution in [2.24, 2.45) is 0 Å². The summed E-state index contributed by atoms with van der Waals surface area (Å²) in [5, 5.41) is 6.49. The highest BCUT2D eigenvalue weighted by atomic mass is 15.1. The van der Waals surface area contributed by atoms with E-state index in [0.29, 0.717) is 0 Å². The molecule has 0 saturated heterocycles. The van der Waals surface area contributed by atoms with Crippen LogP contribution in [0.2, 0.25) is 0 Å². The summed E-state index contributed by atoms with van der Waals surface area (Å²) < 4.78 is 0. The van der Waals surface area contributed by atoms with Gasteiger partial charge in [0.25, 0.3) is 0 Å². The number of anilines is 4. The fraction of sp³-hybridized carbons (Fsp3) is 0.286. The Kier molecular flexibility index (Phi) is 4.18. The molecule has 1 aromatic heterocycles. The largest absolute Gasteiger partial charge is 0.399 e. The molecule has 0 radical (unpaired) electrons. The van der Waals surface area contributed by atoms with Crippen LogP contribution in [0.3, 0.4) is 0 Å². The van der Waals surface area contributed by atoms with Gasteiger partial charge < -0.3 is 16.4 Å². The van der Waals surface area contributed by atoms with Crippen molar-refractivity contribution in [1.82, 2.24) is 9.97 Å². The number of rotatable bonds is 5. The van der Waals surface area contributed by atoms with Crippen molar-refractivity contribution in [3.8, 4) is 0 Å². The molecular weight excluding hydrogens is 238 g/mol. The van der Waals surface area contributed by atoms with E-state index < -0.39 is 0 Å². The second-order valence-corrected chi connectivity index (χ2v) is 4.36. The molecule has 1 heterocycles. The van der Waals surface area contributed by atoms with Gasteiger partial charge in [-0.25, -0.2) is 9.97 Å². The average molecular weight is 257 g/mol. The van der Waals surface area contributed by atoms with Crippen LogP contribution < -0.4 is 16.4 Å². The predicted octanol–water partition coefficient (Wildman–Crippen LogP) is 2.93. The molecule has 0 aliphatic heterocycles. The third-order valence-corrected chi connectivity index (χ3v) is 2.55. The maximum absolute atomic E-state index is 5.75. The molecule has 0 spiro atoms. The summed E-state index contributed by atoms with van der Waals surface area (Å²) in [6.07, 6.45) is 1.06. The van der Waals surface area contributed by atoms with Gasteiger partial charge in [0.05, 0.1) is 0 Å². The number of nitrogen functional groups attached to an aromatic ring is 1. The third kappa shape index (κ3) is 3.84. The molecule has 2 rings (SSSR count). The van der Waals surface area contributed by atoms with Crippen molar-refractivity contribution >= 4 is 23.0 Å². The Morgan fingerprint density at radius 2 is 1.95 bits per heavy atom. The minimum Gasteiger partial charge on any atom is -0.399 e. The Morgan fingerprint density at radius 1 is 1.16 bits per heavy atom. The van der Waals surface area contributed by atoms with Gasteiger partial charge in [-0.05, 0) is 31.5 Å². The van der Waals surface area contributed by atoms with Crippen molar-refractivity contribution in [1.29, 1.82) is 0 Å². The summed E-state index contributed by atoms with van der Waals surface area (Å²) in [6, 6.07) is 9.47. The molecule has 0 fully saturated rings. The van der Waals surface area contributed by atoms with Gasteiger partial charge >= 0.3 is 0 Å². The first-order chi connectivity index (χ1) is 9.17. The first kappa shape index (κ1) is 13.1. The molecule has 5 heteroatoms. The zero-order chi connectivity index (χ0) is 13.7. The number of aryl methyl sites for hydroxylation is 1. The number of nitrogens with one attached hydrogen (secondary N) is 2. The maximum atomic E-state index is 5.75. The van der Waals surface area contributed by atoms with Crippen molar-refractivity contribution in [3.05, 3.63) is 36.2 Å². The summed E-state index contributed by atoms with van der Waals surface area (Å²) in [7, 11) is 0. The van der Waals surface area contributed by atoms with Gasteiger partial charge in [0.1, 0.15) is 17.5 Å². The number of hydrogen-bond acceptors (Lipinski definition) is 5. The lowest BCUT2D eigenvalue weighted by atomic mass is 10.3. The molecule has 2 aromatic rings. The van der Waals surface area contributed by atoms with E-state index in [4.69, 9.17) is 5.73 Å². The second-order valence-electron chi connectivity index (χ2n) is 4.36. The number of aromatic nitrogens is 2. The first-order valence-corrected chi connectivity index (χ1v) is 6.39. The van der Waals surface area contributed by atoms with Gasteiger partial charge in [-0.3, -0.25) is 0 Å². The molecule has 5 nitrogen and oxygen atoms in total. The molecule has 1 aromatic carbocycles. The molecule has 19 heavy (non-hydrogen) atoms. The van der Waals surface area contributed by atoms with E-state index in [-0.39, 0.29) is 0 Å². The van der Waals surface area contributed by atoms with Crippen LogP contribution in [0.1, 0.15) is 19.2 Å². The molecule has 0 amide bonds. The first-order valence-electron chi connectivity index (χ1n) is 6.39. The van der Waals surface area contributed by atoms with Crippen molar-refractivity contribution in [3.63, 3.8) is 0 Å². The summed E-state index contributed by atoms with van der Waals surface area (Å²) in [6.45, 7) is 4.89. The predicted molar refractivity (Wildman–Crippen MR) is 79.7 cm³/mol. The Bertz CT molecular complexity index is 553. The molecule has 0 atom stereocenters. The van der Waals surface area contributed by atoms with E-state index in [1.807, 2.05) is 37.3 Å². The Balaban J connectivity index is 2.17. The van der Waals surface area contributed by atoms with Gasteiger partial charge in [-0.1, -0.05) is 13.0 Å². The lowest BCUT2D eigenvalue weighted by Crippen LogP contribution is -2.05. The summed E-state index contributed by atoms with van der Waals surface area (Å²) >= 11 is 0. The molecule has 0 aliphatic carbocycles.